The molecule has 1 aliphatic carbocycles. The van der Waals surface area contributed by atoms with Crippen LogP contribution < -0.4 is 9.47 Å². The number of aromatic nitrogens is 1. The normalized spacial score (nSPS) is 13.4. The number of rotatable bonds is 7. The Morgan fingerprint density at radius 1 is 1.12 bits per heavy atom. The molecule has 2 aromatic rings. The van der Waals surface area contributed by atoms with Crippen LogP contribution in [0.2, 0.25) is 0 Å². The Hall–Kier alpha value is -3.73. The van der Waals surface area contributed by atoms with Gasteiger partial charge in [-0.05, 0) is 45.1 Å². The molecule has 1 heterocycles. The van der Waals surface area contributed by atoms with Gasteiger partial charge in [-0.15, -0.1) is 0 Å². The molecule has 1 aromatic carbocycles. The van der Waals surface area contributed by atoms with Crippen molar-refractivity contribution in [2.24, 2.45) is 0 Å². The highest BCUT2D eigenvalue weighted by Gasteiger charge is 2.27. The summed E-state index contributed by atoms with van der Waals surface area (Å²) >= 11 is 0. The van der Waals surface area contributed by atoms with Crippen molar-refractivity contribution in [2.75, 3.05) is 13.2 Å². The van der Waals surface area contributed by atoms with Crippen LogP contribution in [0.25, 0.3) is 11.1 Å². The summed E-state index contributed by atoms with van der Waals surface area (Å²) in [7, 11) is 0. The first-order valence-electron chi connectivity index (χ1n) is 10.4. The number of carbonyl (C=O) groups is 2. The van der Waals surface area contributed by atoms with Crippen molar-refractivity contribution in [3.8, 4) is 22.6 Å². The number of nitro benzene ring substituents is 1. The molecule has 0 spiro atoms. The molecule has 11 heteroatoms. The zero-order valence-electron chi connectivity index (χ0n) is 18.2. The Morgan fingerprint density at radius 3 is 2.36 bits per heavy atom. The summed E-state index contributed by atoms with van der Waals surface area (Å²) in [5.74, 6) is -0.165. The van der Waals surface area contributed by atoms with Crippen molar-refractivity contribution in [2.45, 2.75) is 45.6 Å². The molecule has 1 aromatic heterocycles. The number of benzene rings is 1. The van der Waals surface area contributed by atoms with Gasteiger partial charge >= 0.3 is 12.3 Å². The van der Waals surface area contributed by atoms with Crippen LogP contribution in [0.5, 0.6) is 11.5 Å². The van der Waals surface area contributed by atoms with Gasteiger partial charge in [-0.1, -0.05) is 12.1 Å². The minimum absolute atomic E-state index is 0.0611. The molecule has 1 aliphatic rings. The number of non-ortho nitro benzene ring substituents is 1. The number of aliphatic hydroxyl groups excluding tert-OH is 1. The molecule has 0 unspecified atom stereocenters. The number of hydrogen-bond donors (Lipinski definition) is 1. The zero-order valence-corrected chi connectivity index (χ0v) is 18.2. The molecule has 0 radical (unpaired) electrons. The molecule has 0 saturated heterocycles. The average Bonchev–Trinajstić information content (AvgIpc) is 3.28. The minimum Gasteiger partial charge on any atom is -0.432 e. The van der Waals surface area contributed by atoms with E-state index in [9.17, 15) is 19.7 Å². The highest BCUT2D eigenvalue weighted by Crippen LogP contribution is 2.43. The Morgan fingerprint density at radius 2 is 1.76 bits per heavy atom. The third-order valence-corrected chi connectivity index (χ3v) is 5.04. The smallest absolute Gasteiger partial charge is 0.432 e. The van der Waals surface area contributed by atoms with Gasteiger partial charge < -0.3 is 24.1 Å². The Kier molecular flexibility index (Phi) is 7.78. The molecule has 0 aliphatic heterocycles. The number of ether oxygens (including phenoxy) is 4. The Labute approximate surface area is 189 Å². The lowest BCUT2D eigenvalue weighted by atomic mass is 10.0. The average molecular weight is 460 g/mol. The van der Waals surface area contributed by atoms with E-state index in [0.717, 1.165) is 25.7 Å². The van der Waals surface area contributed by atoms with E-state index in [2.05, 4.69) is 4.98 Å². The molecule has 1 saturated carbocycles. The quantitative estimate of drug-likeness (QED) is 0.361. The maximum Gasteiger partial charge on any atom is 0.514 e. The van der Waals surface area contributed by atoms with E-state index in [1.165, 1.54) is 18.2 Å². The van der Waals surface area contributed by atoms with Gasteiger partial charge in [-0.3, -0.25) is 15.1 Å². The molecule has 33 heavy (non-hydrogen) atoms. The largest absolute Gasteiger partial charge is 0.514 e. The van der Waals surface area contributed by atoms with Gasteiger partial charge in [0.15, 0.2) is 11.5 Å². The number of nitro groups is 1. The van der Waals surface area contributed by atoms with Crippen LogP contribution in [0.1, 0.15) is 37.1 Å². The lowest BCUT2D eigenvalue weighted by Crippen LogP contribution is -2.20. The molecular formula is C22H24N2O9. The summed E-state index contributed by atoms with van der Waals surface area (Å²) in [6.45, 7) is 2.45. The van der Waals surface area contributed by atoms with Crippen molar-refractivity contribution in [3.63, 3.8) is 0 Å². The summed E-state index contributed by atoms with van der Waals surface area (Å²) in [5, 5.41) is 20.2. The maximum absolute atomic E-state index is 12.5. The predicted molar refractivity (Wildman–Crippen MR) is 114 cm³/mol. The second-order valence-corrected chi connectivity index (χ2v) is 7.42. The van der Waals surface area contributed by atoms with Gasteiger partial charge in [0.05, 0.1) is 28.5 Å². The predicted octanol–water partition coefficient (Wildman–Crippen LogP) is 4.24. The SMILES string of the molecule is Cc1nc(C)c(OC(=O)OC2CCCC2)c(-c2cccc([N+](=O)[O-])c2)c1OC(=O)OCCO. The molecule has 1 N–H and O–H groups in total. The van der Waals surface area contributed by atoms with Gasteiger partial charge in [0.1, 0.15) is 12.7 Å². The number of carbonyl (C=O) groups excluding carboxylic acids is 2. The van der Waals surface area contributed by atoms with Crippen molar-refractivity contribution in [3.05, 3.63) is 45.8 Å². The topological polar surface area (TPSA) is 147 Å². The van der Waals surface area contributed by atoms with Gasteiger partial charge in [0.2, 0.25) is 0 Å². The van der Waals surface area contributed by atoms with Gasteiger partial charge in [-0.25, -0.2) is 9.59 Å². The van der Waals surface area contributed by atoms with E-state index in [0.29, 0.717) is 0 Å². The Balaban J connectivity index is 2.07. The van der Waals surface area contributed by atoms with Crippen molar-refractivity contribution in [1.29, 1.82) is 0 Å². The summed E-state index contributed by atoms with van der Waals surface area (Å²) in [4.78, 5) is 39.6. The van der Waals surface area contributed by atoms with Crippen LogP contribution >= 0.6 is 0 Å². The first-order chi connectivity index (χ1) is 15.8. The summed E-state index contributed by atoms with van der Waals surface area (Å²) < 4.78 is 20.9. The highest BCUT2D eigenvalue weighted by atomic mass is 16.7. The van der Waals surface area contributed by atoms with Gasteiger partial charge in [0, 0.05) is 12.1 Å². The van der Waals surface area contributed by atoms with E-state index in [-0.39, 0.29) is 52.4 Å². The second kappa shape index (κ2) is 10.7. The molecular weight excluding hydrogens is 436 g/mol. The van der Waals surface area contributed by atoms with Crippen LogP contribution in [-0.2, 0) is 9.47 Å². The third-order valence-electron chi connectivity index (χ3n) is 5.04. The van der Waals surface area contributed by atoms with Crippen molar-refractivity contribution in [1.82, 2.24) is 4.98 Å². The summed E-state index contributed by atoms with van der Waals surface area (Å²) in [5.41, 5.74) is 0.687. The zero-order chi connectivity index (χ0) is 24.0. The molecule has 1 fully saturated rings. The van der Waals surface area contributed by atoms with Crippen LogP contribution in [-0.4, -0.2) is 46.6 Å². The number of pyridine rings is 1. The number of nitrogens with zero attached hydrogens (tertiary/aromatic N) is 2. The van der Waals surface area contributed by atoms with E-state index in [1.807, 2.05) is 0 Å². The van der Waals surface area contributed by atoms with Crippen LogP contribution in [0, 0.1) is 24.0 Å². The van der Waals surface area contributed by atoms with Crippen LogP contribution in [0.3, 0.4) is 0 Å². The van der Waals surface area contributed by atoms with Crippen LogP contribution in [0.4, 0.5) is 15.3 Å². The monoisotopic (exact) mass is 460 g/mol. The fraction of sp³-hybridized carbons (Fsp3) is 0.409. The third kappa shape index (κ3) is 5.95. The lowest BCUT2D eigenvalue weighted by Gasteiger charge is -2.19. The molecule has 176 valence electrons. The van der Waals surface area contributed by atoms with E-state index in [1.54, 1.807) is 19.9 Å². The molecule has 3 rings (SSSR count). The van der Waals surface area contributed by atoms with Crippen molar-refractivity contribution < 1.29 is 38.6 Å². The molecule has 0 bridgehead atoms. The van der Waals surface area contributed by atoms with E-state index in [4.69, 9.17) is 24.1 Å². The Bertz CT molecular complexity index is 1050. The van der Waals surface area contributed by atoms with Crippen molar-refractivity contribution >= 4 is 18.0 Å². The fourth-order valence-electron chi connectivity index (χ4n) is 3.60. The fourth-order valence-corrected chi connectivity index (χ4v) is 3.60. The van der Waals surface area contributed by atoms with Gasteiger partial charge in [-0.2, -0.15) is 0 Å². The standard InChI is InChI=1S/C22H24N2O9/c1-13-19(32-21(26)30-11-10-25)18(15-6-5-7-16(12-15)24(28)29)20(14(2)23-13)33-22(27)31-17-8-3-4-9-17/h5-7,12,17,25H,3-4,8-11H2,1-2H3. The first-order valence-corrected chi connectivity index (χ1v) is 10.4. The van der Waals surface area contributed by atoms with E-state index >= 15 is 0 Å². The van der Waals surface area contributed by atoms with Gasteiger partial charge in [0.25, 0.3) is 5.69 Å². The second-order valence-electron chi connectivity index (χ2n) is 7.42. The number of aliphatic hydroxyl groups is 1. The highest BCUT2D eigenvalue weighted by molar-refractivity contribution is 5.84. The summed E-state index contributed by atoms with van der Waals surface area (Å²) in [6.07, 6.45) is 1.07. The number of aryl methyl sites for hydroxylation is 2. The number of hydrogen-bond acceptors (Lipinski definition) is 10. The summed E-state index contributed by atoms with van der Waals surface area (Å²) in [6, 6.07) is 5.56. The first kappa shape index (κ1) is 23.9. The molecule has 11 nitrogen and oxygen atoms in total. The van der Waals surface area contributed by atoms with E-state index < -0.39 is 23.8 Å². The molecule has 0 atom stereocenters. The van der Waals surface area contributed by atoms with Crippen LogP contribution in [0.15, 0.2) is 24.3 Å². The maximum atomic E-state index is 12.5. The lowest BCUT2D eigenvalue weighted by molar-refractivity contribution is -0.384. The molecule has 0 amide bonds. The minimum atomic E-state index is -1.12.